The minimum atomic E-state index is -0.318. The highest BCUT2D eigenvalue weighted by Crippen LogP contribution is 2.00. The van der Waals surface area contributed by atoms with E-state index in [1.165, 1.54) is 4.52 Å². The summed E-state index contributed by atoms with van der Waals surface area (Å²) >= 11 is 4.80. The molecule has 0 aromatic carbocycles. The summed E-state index contributed by atoms with van der Waals surface area (Å²) in [7, 11) is 0. The van der Waals surface area contributed by atoms with E-state index < -0.39 is 0 Å². The van der Waals surface area contributed by atoms with E-state index in [0.29, 0.717) is 10.4 Å². The van der Waals surface area contributed by atoms with Gasteiger partial charge in [-0.05, 0) is 19.1 Å². The molecule has 62 valence electrons. The Balaban J connectivity index is 3.13. The first-order valence-corrected chi connectivity index (χ1v) is 3.76. The van der Waals surface area contributed by atoms with Gasteiger partial charge in [-0.3, -0.25) is 4.98 Å². The first kappa shape index (κ1) is 7.23. The third-order valence-electron chi connectivity index (χ3n) is 1.60. The van der Waals surface area contributed by atoms with Gasteiger partial charge < -0.3 is 4.98 Å². The lowest BCUT2D eigenvalue weighted by atomic mass is 10.4. The molecular weight excluding hydrogens is 176 g/mol. The van der Waals surface area contributed by atoms with Gasteiger partial charge in [0.25, 0.3) is 0 Å². The first-order valence-electron chi connectivity index (χ1n) is 3.35. The zero-order valence-corrected chi connectivity index (χ0v) is 7.10. The summed E-state index contributed by atoms with van der Waals surface area (Å²) < 4.78 is 1.56. The van der Waals surface area contributed by atoms with Crippen molar-refractivity contribution < 1.29 is 0 Å². The van der Waals surface area contributed by atoms with Crippen LogP contribution in [-0.4, -0.2) is 19.6 Å². The van der Waals surface area contributed by atoms with E-state index in [9.17, 15) is 4.79 Å². The van der Waals surface area contributed by atoms with Crippen molar-refractivity contribution in [2.75, 3.05) is 0 Å². The van der Waals surface area contributed by atoms with E-state index in [1.807, 2.05) is 6.92 Å². The zero-order chi connectivity index (χ0) is 8.72. The quantitative estimate of drug-likeness (QED) is 0.579. The second-order valence-corrected chi connectivity index (χ2v) is 2.88. The number of aromatic amines is 2. The summed E-state index contributed by atoms with van der Waals surface area (Å²) in [5.74, 6) is 0. The van der Waals surface area contributed by atoms with Crippen molar-refractivity contribution in [3.8, 4) is 0 Å². The Morgan fingerprint density at radius 2 is 2.33 bits per heavy atom. The zero-order valence-electron chi connectivity index (χ0n) is 6.29. The van der Waals surface area contributed by atoms with Gasteiger partial charge >= 0.3 is 5.69 Å². The maximum Gasteiger partial charge on any atom is 0.350 e. The second-order valence-electron chi connectivity index (χ2n) is 2.47. The van der Waals surface area contributed by atoms with Gasteiger partial charge in [-0.25, -0.2) is 4.79 Å². The topological polar surface area (TPSA) is 66.0 Å². The molecule has 0 aliphatic carbocycles. The van der Waals surface area contributed by atoms with Crippen molar-refractivity contribution in [1.29, 1.82) is 0 Å². The molecule has 0 radical (unpaired) electrons. The van der Waals surface area contributed by atoms with Crippen LogP contribution in [0.4, 0.5) is 0 Å². The molecule has 0 aliphatic heterocycles. The van der Waals surface area contributed by atoms with Crippen LogP contribution in [0.2, 0.25) is 0 Å². The molecule has 2 N–H and O–H groups in total. The number of hydrogen-bond acceptors (Lipinski definition) is 3. The van der Waals surface area contributed by atoms with E-state index in [1.54, 1.807) is 6.20 Å². The summed E-state index contributed by atoms with van der Waals surface area (Å²) in [4.78, 5) is 16.4. The molecule has 6 heteroatoms. The van der Waals surface area contributed by atoms with Gasteiger partial charge in [0.2, 0.25) is 0 Å². The van der Waals surface area contributed by atoms with Crippen LogP contribution in [0.25, 0.3) is 5.65 Å². The van der Waals surface area contributed by atoms with Crippen LogP contribution in [0, 0.1) is 11.7 Å². The van der Waals surface area contributed by atoms with Crippen molar-refractivity contribution in [3.63, 3.8) is 0 Å². The molecule has 0 atom stereocenters. The summed E-state index contributed by atoms with van der Waals surface area (Å²) in [6.45, 7) is 1.85. The SMILES string of the molecule is Cc1cnn2c(=O)[nH]c(=S)[nH]c12. The van der Waals surface area contributed by atoms with Crippen LogP contribution in [0.15, 0.2) is 11.0 Å². The summed E-state index contributed by atoms with van der Waals surface area (Å²) in [6.07, 6.45) is 1.61. The number of fused-ring (bicyclic) bond motifs is 1. The largest absolute Gasteiger partial charge is 0.350 e. The van der Waals surface area contributed by atoms with Crippen LogP contribution >= 0.6 is 12.2 Å². The standard InChI is InChI=1S/C6H6N4OS/c1-3-2-7-10-4(3)8-5(12)9-6(10)11/h2H,1H3,(H2,8,9,11,12). The molecule has 2 rings (SSSR count). The van der Waals surface area contributed by atoms with Crippen LogP contribution in [0.5, 0.6) is 0 Å². The Kier molecular flexibility index (Phi) is 1.37. The summed E-state index contributed by atoms with van der Waals surface area (Å²) in [5.41, 5.74) is 1.22. The van der Waals surface area contributed by atoms with Gasteiger partial charge in [-0.1, -0.05) is 0 Å². The fraction of sp³-hybridized carbons (Fsp3) is 0.167. The van der Waals surface area contributed by atoms with E-state index in [-0.39, 0.29) is 5.69 Å². The molecule has 0 amide bonds. The van der Waals surface area contributed by atoms with Gasteiger partial charge in [0.1, 0.15) is 5.65 Å². The van der Waals surface area contributed by atoms with E-state index >= 15 is 0 Å². The van der Waals surface area contributed by atoms with Crippen molar-refractivity contribution in [1.82, 2.24) is 19.6 Å². The van der Waals surface area contributed by atoms with Gasteiger partial charge in [0.05, 0.1) is 6.20 Å². The minimum Gasteiger partial charge on any atom is -0.317 e. The van der Waals surface area contributed by atoms with E-state index in [4.69, 9.17) is 12.2 Å². The fourth-order valence-corrected chi connectivity index (χ4v) is 1.21. The molecule has 0 saturated carbocycles. The Bertz CT molecular complexity index is 534. The van der Waals surface area contributed by atoms with Crippen LogP contribution in [0.3, 0.4) is 0 Å². The number of aryl methyl sites for hydroxylation is 1. The molecule has 5 nitrogen and oxygen atoms in total. The summed E-state index contributed by atoms with van der Waals surface area (Å²) in [6, 6.07) is 0. The maximum absolute atomic E-state index is 11.2. The fourth-order valence-electron chi connectivity index (χ4n) is 1.02. The molecule has 0 saturated heterocycles. The normalized spacial score (nSPS) is 10.8. The van der Waals surface area contributed by atoms with Crippen molar-refractivity contribution >= 4 is 17.9 Å². The Morgan fingerprint density at radius 1 is 1.58 bits per heavy atom. The lowest BCUT2D eigenvalue weighted by molar-refractivity contribution is 0.833. The molecule has 2 heterocycles. The third-order valence-corrected chi connectivity index (χ3v) is 1.80. The van der Waals surface area contributed by atoms with Crippen LogP contribution < -0.4 is 5.69 Å². The molecule has 0 aliphatic rings. The van der Waals surface area contributed by atoms with E-state index in [2.05, 4.69) is 15.1 Å². The number of H-pyrrole nitrogens is 2. The number of rotatable bonds is 0. The molecule has 0 bridgehead atoms. The van der Waals surface area contributed by atoms with Crippen molar-refractivity contribution in [2.24, 2.45) is 0 Å². The van der Waals surface area contributed by atoms with Gasteiger partial charge in [-0.2, -0.15) is 9.61 Å². The average molecular weight is 182 g/mol. The maximum atomic E-state index is 11.2. The molecular formula is C6H6N4OS. The summed E-state index contributed by atoms with van der Waals surface area (Å²) in [5, 5.41) is 3.85. The number of hydrogen-bond donors (Lipinski definition) is 2. The highest BCUT2D eigenvalue weighted by atomic mass is 32.1. The Hall–Kier alpha value is -1.43. The third kappa shape index (κ3) is 0.884. The molecule has 12 heavy (non-hydrogen) atoms. The molecule has 2 aromatic rings. The monoisotopic (exact) mass is 182 g/mol. The highest BCUT2D eigenvalue weighted by molar-refractivity contribution is 7.71. The Morgan fingerprint density at radius 3 is 3.08 bits per heavy atom. The van der Waals surface area contributed by atoms with E-state index in [0.717, 1.165) is 5.56 Å². The minimum absolute atomic E-state index is 0.316. The first-order chi connectivity index (χ1) is 5.68. The molecule has 0 fully saturated rings. The van der Waals surface area contributed by atoms with Gasteiger partial charge in [0, 0.05) is 5.56 Å². The predicted molar refractivity (Wildman–Crippen MR) is 45.7 cm³/mol. The highest BCUT2D eigenvalue weighted by Gasteiger charge is 2.01. The van der Waals surface area contributed by atoms with Crippen molar-refractivity contribution in [2.45, 2.75) is 6.92 Å². The average Bonchev–Trinajstić information content (AvgIpc) is 2.33. The van der Waals surface area contributed by atoms with Crippen LogP contribution in [-0.2, 0) is 0 Å². The van der Waals surface area contributed by atoms with Crippen molar-refractivity contribution in [3.05, 3.63) is 27.0 Å². The lowest BCUT2D eigenvalue weighted by Crippen LogP contribution is -2.18. The number of aromatic nitrogens is 4. The smallest absolute Gasteiger partial charge is 0.317 e. The second kappa shape index (κ2) is 2.28. The Labute approximate surface area is 72.1 Å². The predicted octanol–water partition coefficient (Wildman–Crippen LogP) is 0.389. The lowest BCUT2D eigenvalue weighted by Gasteiger charge is -1.91. The van der Waals surface area contributed by atoms with Crippen LogP contribution in [0.1, 0.15) is 5.56 Å². The number of nitrogens with zero attached hydrogens (tertiary/aromatic N) is 2. The number of nitrogens with one attached hydrogen (secondary N) is 2. The molecule has 0 unspecified atom stereocenters. The van der Waals surface area contributed by atoms with Gasteiger partial charge in [-0.15, -0.1) is 0 Å². The molecule has 0 spiro atoms. The molecule has 2 aromatic heterocycles. The van der Waals surface area contributed by atoms with Gasteiger partial charge in [0.15, 0.2) is 4.77 Å².